The van der Waals surface area contributed by atoms with Crippen LogP contribution in [-0.2, 0) is 0 Å². The fourth-order valence-electron chi connectivity index (χ4n) is 2.16. The molecular weight excluding hydrogens is 280 g/mol. The Labute approximate surface area is 131 Å². The number of halogens is 1. The first-order chi connectivity index (χ1) is 9.83. The maximum atomic E-state index is 4.41. The summed E-state index contributed by atoms with van der Waals surface area (Å²) in [5.41, 5.74) is 4.44. The highest BCUT2D eigenvalue weighted by Crippen LogP contribution is 2.08. The molecule has 3 heteroatoms. The lowest BCUT2D eigenvalue weighted by atomic mass is 10.1. The van der Waals surface area contributed by atoms with Gasteiger partial charge in [0.25, 0.3) is 0 Å². The van der Waals surface area contributed by atoms with E-state index in [4.69, 9.17) is 0 Å². The van der Waals surface area contributed by atoms with Crippen LogP contribution in [0.15, 0.2) is 53.5 Å². The minimum absolute atomic E-state index is 0. The molecule has 0 spiro atoms. The van der Waals surface area contributed by atoms with Gasteiger partial charge in [0, 0.05) is 23.2 Å². The van der Waals surface area contributed by atoms with Crippen LogP contribution in [0.4, 0.5) is 0 Å². The van der Waals surface area contributed by atoms with Gasteiger partial charge in [0.2, 0.25) is 0 Å². The van der Waals surface area contributed by atoms with Crippen LogP contribution in [-0.4, -0.2) is 18.9 Å². The Morgan fingerprint density at radius 3 is 2.43 bits per heavy atom. The Morgan fingerprint density at radius 2 is 1.76 bits per heavy atom. The molecule has 0 radical (unpaired) electrons. The molecule has 0 fully saturated rings. The lowest BCUT2D eigenvalue weighted by Gasteiger charge is -2.01. The molecular formula is C18H17ClN2. The van der Waals surface area contributed by atoms with E-state index in [1.165, 1.54) is 5.56 Å². The molecule has 2 nitrogen and oxygen atoms in total. The van der Waals surface area contributed by atoms with Crippen LogP contribution >= 0.6 is 12.4 Å². The van der Waals surface area contributed by atoms with Crippen molar-refractivity contribution >= 4 is 18.2 Å². The molecule has 2 aromatic rings. The van der Waals surface area contributed by atoms with Crippen molar-refractivity contribution in [1.29, 1.82) is 0 Å². The van der Waals surface area contributed by atoms with Crippen LogP contribution < -0.4 is 5.32 Å². The number of aryl methyl sites for hydroxylation is 1. The molecule has 0 aliphatic carbocycles. The van der Waals surface area contributed by atoms with Crippen molar-refractivity contribution in [1.82, 2.24) is 5.32 Å². The van der Waals surface area contributed by atoms with Crippen LogP contribution in [0.2, 0.25) is 0 Å². The molecule has 2 aromatic carbocycles. The minimum atomic E-state index is 0. The first-order valence-electron chi connectivity index (χ1n) is 6.79. The molecule has 1 heterocycles. The Hall–Kier alpha value is -2.24. The Morgan fingerprint density at radius 1 is 1.00 bits per heavy atom. The van der Waals surface area contributed by atoms with Crippen molar-refractivity contribution in [2.45, 2.75) is 6.92 Å². The zero-order valence-electron chi connectivity index (χ0n) is 11.9. The van der Waals surface area contributed by atoms with Crippen LogP contribution in [0.5, 0.6) is 0 Å². The van der Waals surface area contributed by atoms with Crippen molar-refractivity contribution in [2.24, 2.45) is 4.99 Å². The summed E-state index contributed by atoms with van der Waals surface area (Å²) in [5.74, 6) is 7.42. The van der Waals surface area contributed by atoms with E-state index in [0.29, 0.717) is 0 Å². The summed E-state index contributed by atoms with van der Waals surface area (Å²) in [7, 11) is 0. The minimum Gasteiger partial charge on any atom is -0.368 e. The molecule has 0 saturated carbocycles. The maximum Gasteiger partial charge on any atom is 0.128 e. The van der Waals surface area contributed by atoms with Gasteiger partial charge in [-0.25, -0.2) is 0 Å². The molecule has 0 atom stereocenters. The summed E-state index contributed by atoms with van der Waals surface area (Å²) in [5, 5.41) is 3.27. The molecule has 0 amide bonds. The lowest BCUT2D eigenvalue weighted by Crippen LogP contribution is -2.19. The quantitative estimate of drug-likeness (QED) is 0.803. The zero-order chi connectivity index (χ0) is 13.8. The monoisotopic (exact) mass is 296 g/mol. The van der Waals surface area contributed by atoms with Crippen molar-refractivity contribution in [2.75, 3.05) is 13.1 Å². The Balaban J connectivity index is 0.00000161. The zero-order valence-corrected chi connectivity index (χ0v) is 12.7. The molecule has 1 N–H and O–H groups in total. The summed E-state index contributed by atoms with van der Waals surface area (Å²) >= 11 is 0. The van der Waals surface area contributed by atoms with Crippen molar-refractivity contribution in [3.05, 3.63) is 70.8 Å². The average molecular weight is 297 g/mol. The number of nitrogens with zero attached hydrogens (tertiary/aromatic N) is 1. The van der Waals surface area contributed by atoms with Gasteiger partial charge in [-0.15, -0.1) is 12.4 Å². The van der Waals surface area contributed by atoms with Gasteiger partial charge in [0.05, 0.1) is 6.54 Å². The predicted molar refractivity (Wildman–Crippen MR) is 90.3 cm³/mol. The molecule has 0 unspecified atom stereocenters. The van der Waals surface area contributed by atoms with Gasteiger partial charge in [-0.1, -0.05) is 42.2 Å². The highest BCUT2D eigenvalue weighted by atomic mass is 35.5. The summed E-state index contributed by atoms with van der Waals surface area (Å²) in [6.07, 6.45) is 0. The second-order valence-electron chi connectivity index (χ2n) is 4.80. The summed E-state index contributed by atoms with van der Waals surface area (Å²) < 4.78 is 0. The van der Waals surface area contributed by atoms with E-state index in [2.05, 4.69) is 47.3 Å². The fraction of sp³-hybridized carbons (Fsp3) is 0.167. The predicted octanol–water partition coefficient (Wildman–Crippen LogP) is 3.17. The van der Waals surface area contributed by atoms with Gasteiger partial charge >= 0.3 is 0 Å². The number of aliphatic imine (C=N–C) groups is 1. The van der Waals surface area contributed by atoms with Crippen LogP contribution in [0.25, 0.3) is 0 Å². The average Bonchev–Trinajstić information content (AvgIpc) is 3.01. The van der Waals surface area contributed by atoms with Crippen LogP contribution in [0.3, 0.4) is 0 Å². The van der Waals surface area contributed by atoms with E-state index in [1.807, 2.05) is 30.3 Å². The maximum absolute atomic E-state index is 4.41. The van der Waals surface area contributed by atoms with Gasteiger partial charge in [0.1, 0.15) is 5.84 Å². The van der Waals surface area contributed by atoms with Gasteiger partial charge in [-0.2, -0.15) is 0 Å². The number of nitrogens with one attached hydrogen (secondary N) is 1. The standard InChI is InChI=1S/C18H16N2.ClH/c1-14-4-2-3-5-16(14)9-6-15-7-10-17(11-8-15)18-19-12-13-20-18;/h2-5,7-8,10-11H,12-13H2,1H3,(H,19,20);1H. The van der Waals surface area contributed by atoms with Gasteiger partial charge in [-0.3, -0.25) is 4.99 Å². The van der Waals surface area contributed by atoms with Gasteiger partial charge in [0.15, 0.2) is 0 Å². The first kappa shape index (κ1) is 15.2. The van der Waals surface area contributed by atoms with E-state index in [0.717, 1.165) is 35.6 Å². The SMILES string of the molecule is Cc1ccccc1C#Cc1ccc(C2=NCCN2)cc1.Cl. The molecule has 0 bridgehead atoms. The molecule has 1 aliphatic heterocycles. The topological polar surface area (TPSA) is 24.4 Å². The number of hydrogen-bond donors (Lipinski definition) is 1. The fourth-order valence-corrected chi connectivity index (χ4v) is 2.16. The van der Waals surface area contributed by atoms with Crippen molar-refractivity contribution < 1.29 is 0 Å². The molecule has 3 rings (SSSR count). The Bertz CT molecular complexity index is 706. The second kappa shape index (κ2) is 6.97. The van der Waals surface area contributed by atoms with E-state index in [1.54, 1.807) is 0 Å². The van der Waals surface area contributed by atoms with Gasteiger partial charge in [-0.05, 0) is 30.7 Å². The number of benzene rings is 2. The van der Waals surface area contributed by atoms with Crippen molar-refractivity contribution in [3.8, 4) is 11.8 Å². The third-order valence-corrected chi connectivity index (χ3v) is 3.32. The third-order valence-electron chi connectivity index (χ3n) is 3.32. The second-order valence-corrected chi connectivity index (χ2v) is 4.80. The smallest absolute Gasteiger partial charge is 0.128 e. The number of rotatable bonds is 1. The third kappa shape index (κ3) is 3.65. The molecule has 0 saturated heterocycles. The van der Waals surface area contributed by atoms with Crippen LogP contribution in [0.1, 0.15) is 22.3 Å². The van der Waals surface area contributed by atoms with Crippen LogP contribution in [0, 0.1) is 18.8 Å². The molecule has 21 heavy (non-hydrogen) atoms. The van der Waals surface area contributed by atoms with E-state index < -0.39 is 0 Å². The summed E-state index contributed by atoms with van der Waals surface area (Å²) in [6, 6.07) is 16.4. The van der Waals surface area contributed by atoms with E-state index in [-0.39, 0.29) is 12.4 Å². The Kier molecular flexibility index (Phi) is 5.03. The number of hydrogen-bond acceptors (Lipinski definition) is 2. The highest BCUT2D eigenvalue weighted by Gasteiger charge is 2.06. The highest BCUT2D eigenvalue weighted by molar-refractivity contribution is 5.99. The van der Waals surface area contributed by atoms with Crippen molar-refractivity contribution in [3.63, 3.8) is 0 Å². The first-order valence-corrected chi connectivity index (χ1v) is 6.79. The lowest BCUT2D eigenvalue weighted by molar-refractivity contribution is 0.960. The molecule has 0 aromatic heterocycles. The normalized spacial score (nSPS) is 12.5. The van der Waals surface area contributed by atoms with E-state index >= 15 is 0 Å². The van der Waals surface area contributed by atoms with Gasteiger partial charge < -0.3 is 5.32 Å². The van der Waals surface area contributed by atoms with E-state index in [9.17, 15) is 0 Å². The molecule has 1 aliphatic rings. The largest absolute Gasteiger partial charge is 0.368 e. The number of amidine groups is 1. The molecule has 106 valence electrons. The summed E-state index contributed by atoms with van der Waals surface area (Å²) in [6.45, 7) is 3.88. The summed E-state index contributed by atoms with van der Waals surface area (Å²) in [4.78, 5) is 4.41.